The molecule has 2 amide bonds. The molecule has 0 aliphatic carbocycles. The molecule has 1 aliphatic rings. The molecule has 2 aromatic rings. The minimum absolute atomic E-state index is 0.135. The predicted octanol–water partition coefficient (Wildman–Crippen LogP) is 1.79. The minimum atomic E-state index is -0.254. The van der Waals surface area contributed by atoms with Crippen LogP contribution in [-0.4, -0.2) is 24.3 Å². The Kier molecular flexibility index (Phi) is 4.15. The Labute approximate surface area is 139 Å². The molecule has 1 heterocycles. The second-order valence-corrected chi connectivity index (χ2v) is 5.31. The van der Waals surface area contributed by atoms with Crippen LogP contribution in [0.3, 0.4) is 0 Å². The fourth-order valence-electron chi connectivity index (χ4n) is 2.64. The number of carbonyl (C=O) groups excluding carboxylic acids is 2. The first kappa shape index (κ1) is 15.5. The van der Waals surface area contributed by atoms with Gasteiger partial charge in [-0.2, -0.15) is 0 Å². The Morgan fingerprint density at radius 2 is 1.79 bits per heavy atom. The van der Waals surface area contributed by atoms with Gasteiger partial charge in [0.1, 0.15) is 0 Å². The van der Waals surface area contributed by atoms with Crippen molar-refractivity contribution in [3.8, 4) is 0 Å². The van der Waals surface area contributed by atoms with E-state index in [-0.39, 0.29) is 30.7 Å². The maximum Gasteiger partial charge on any atom is 0.257 e. The van der Waals surface area contributed by atoms with E-state index in [0.717, 1.165) is 0 Å². The van der Waals surface area contributed by atoms with Crippen LogP contribution in [0.5, 0.6) is 0 Å². The van der Waals surface area contributed by atoms with Crippen molar-refractivity contribution < 1.29 is 9.59 Å². The molecule has 0 bridgehead atoms. The third-order valence-electron chi connectivity index (χ3n) is 3.69. The molecular weight excluding hydrogens is 306 g/mol. The summed E-state index contributed by atoms with van der Waals surface area (Å²) in [6.45, 7) is 0.246. The second kappa shape index (κ2) is 6.41. The first-order valence-electron chi connectivity index (χ1n) is 7.48. The molecule has 3 rings (SSSR count). The molecule has 0 fully saturated rings. The number of carbonyl (C=O) groups is 2. The van der Waals surface area contributed by atoms with Crippen LogP contribution < -0.4 is 21.3 Å². The van der Waals surface area contributed by atoms with Crippen molar-refractivity contribution in [2.24, 2.45) is 5.73 Å². The number of guanidine groups is 1. The maximum atomic E-state index is 12.8. The fourth-order valence-corrected chi connectivity index (χ4v) is 2.64. The molecule has 0 saturated carbocycles. The van der Waals surface area contributed by atoms with Gasteiger partial charge in [0.05, 0.1) is 22.6 Å². The molecule has 1 aliphatic heterocycles. The number of nitrogens with two attached hydrogens (primary N) is 1. The number of hydrogen-bond donors (Lipinski definition) is 4. The number of benzene rings is 2. The molecule has 122 valence electrons. The lowest BCUT2D eigenvalue weighted by Gasteiger charge is -2.24. The van der Waals surface area contributed by atoms with E-state index in [9.17, 15) is 9.59 Å². The number of nitrogens with one attached hydrogen (secondary N) is 3. The molecule has 0 spiro atoms. The Morgan fingerprint density at radius 1 is 1.12 bits per heavy atom. The molecule has 0 saturated heterocycles. The smallest absolute Gasteiger partial charge is 0.257 e. The monoisotopic (exact) mass is 323 g/mol. The topological polar surface area (TPSA) is 111 Å². The lowest BCUT2D eigenvalue weighted by Crippen LogP contribution is -2.35. The highest BCUT2D eigenvalue weighted by molar-refractivity contribution is 6.17. The third kappa shape index (κ3) is 2.91. The van der Waals surface area contributed by atoms with Crippen molar-refractivity contribution >= 4 is 34.8 Å². The summed E-state index contributed by atoms with van der Waals surface area (Å²) in [4.78, 5) is 26.8. The zero-order chi connectivity index (χ0) is 17.1. The molecule has 0 aromatic heterocycles. The van der Waals surface area contributed by atoms with Gasteiger partial charge in [-0.3, -0.25) is 19.9 Å². The summed E-state index contributed by atoms with van der Waals surface area (Å²) in [7, 11) is 0. The van der Waals surface area contributed by atoms with Crippen LogP contribution in [0.1, 0.15) is 16.8 Å². The number of hydrogen-bond acceptors (Lipinski definition) is 3. The Hall–Kier alpha value is -3.35. The highest BCUT2D eigenvalue weighted by Gasteiger charge is 2.28. The lowest BCUT2D eigenvalue weighted by molar-refractivity contribution is -0.117. The summed E-state index contributed by atoms with van der Waals surface area (Å²) in [5, 5.41) is 12.6. The standard InChI is InChI=1S/C17H17N5O2/c18-17(19)20-10-9-15(23)22-13-7-3-1-5-11(13)16(24)21-12-6-2-4-8-14(12)22/h1-8H,9-10H2,(H,21,24)(H4,18,19,20). The highest BCUT2D eigenvalue weighted by Crippen LogP contribution is 2.37. The van der Waals surface area contributed by atoms with Crippen LogP contribution in [0.15, 0.2) is 48.5 Å². The van der Waals surface area contributed by atoms with Crippen LogP contribution >= 0.6 is 0 Å². The molecule has 0 radical (unpaired) electrons. The van der Waals surface area contributed by atoms with Crippen LogP contribution in [0, 0.1) is 5.41 Å². The van der Waals surface area contributed by atoms with Crippen molar-refractivity contribution in [2.75, 3.05) is 16.8 Å². The van der Waals surface area contributed by atoms with Crippen molar-refractivity contribution in [3.05, 3.63) is 54.1 Å². The normalized spacial score (nSPS) is 12.5. The highest BCUT2D eigenvalue weighted by atomic mass is 16.2. The zero-order valence-corrected chi connectivity index (χ0v) is 12.9. The van der Waals surface area contributed by atoms with E-state index in [2.05, 4.69) is 10.6 Å². The first-order valence-corrected chi connectivity index (χ1v) is 7.48. The Bertz CT molecular complexity index is 818. The lowest BCUT2D eigenvalue weighted by atomic mass is 10.1. The fraction of sp³-hybridized carbons (Fsp3) is 0.118. The average molecular weight is 323 g/mol. The number of rotatable bonds is 3. The van der Waals surface area contributed by atoms with Crippen molar-refractivity contribution in [1.82, 2.24) is 5.32 Å². The van der Waals surface area contributed by atoms with Crippen molar-refractivity contribution in [2.45, 2.75) is 6.42 Å². The number of para-hydroxylation sites is 3. The van der Waals surface area contributed by atoms with E-state index >= 15 is 0 Å². The third-order valence-corrected chi connectivity index (χ3v) is 3.69. The maximum absolute atomic E-state index is 12.8. The van der Waals surface area contributed by atoms with Crippen LogP contribution in [0.25, 0.3) is 0 Å². The van der Waals surface area contributed by atoms with Gasteiger partial charge < -0.3 is 16.4 Å². The van der Waals surface area contributed by atoms with Gasteiger partial charge in [0.25, 0.3) is 5.91 Å². The molecule has 5 N–H and O–H groups in total. The molecular formula is C17H17N5O2. The van der Waals surface area contributed by atoms with Gasteiger partial charge in [0.15, 0.2) is 5.96 Å². The van der Waals surface area contributed by atoms with Crippen molar-refractivity contribution in [1.29, 1.82) is 5.41 Å². The summed E-state index contributed by atoms with van der Waals surface area (Å²) >= 11 is 0. The first-order chi connectivity index (χ1) is 11.6. The Morgan fingerprint density at radius 3 is 2.54 bits per heavy atom. The molecule has 24 heavy (non-hydrogen) atoms. The average Bonchev–Trinajstić information content (AvgIpc) is 2.68. The molecule has 7 nitrogen and oxygen atoms in total. The minimum Gasteiger partial charge on any atom is -0.370 e. The zero-order valence-electron chi connectivity index (χ0n) is 12.9. The quantitative estimate of drug-likeness (QED) is 0.509. The van der Waals surface area contributed by atoms with Gasteiger partial charge in [-0.05, 0) is 24.3 Å². The summed E-state index contributed by atoms with van der Waals surface area (Å²) < 4.78 is 0. The van der Waals surface area contributed by atoms with Gasteiger partial charge in [0.2, 0.25) is 5.91 Å². The molecule has 0 unspecified atom stereocenters. The molecule has 2 aromatic carbocycles. The van der Waals surface area contributed by atoms with Gasteiger partial charge in [-0.1, -0.05) is 24.3 Å². The largest absolute Gasteiger partial charge is 0.370 e. The van der Waals surface area contributed by atoms with E-state index in [1.54, 1.807) is 42.5 Å². The number of fused-ring (bicyclic) bond motifs is 2. The predicted molar refractivity (Wildman–Crippen MR) is 92.5 cm³/mol. The van der Waals surface area contributed by atoms with Crippen molar-refractivity contribution in [3.63, 3.8) is 0 Å². The molecule has 0 atom stereocenters. The summed E-state index contributed by atoms with van der Waals surface area (Å²) in [5.74, 6) is -0.633. The molecule has 7 heteroatoms. The van der Waals surface area contributed by atoms with E-state index in [4.69, 9.17) is 11.1 Å². The van der Waals surface area contributed by atoms with E-state index in [1.807, 2.05) is 6.07 Å². The van der Waals surface area contributed by atoms with Crippen LogP contribution in [0.2, 0.25) is 0 Å². The van der Waals surface area contributed by atoms with Crippen LogP contribution in [0.4, 0.5) is 17.1 Å². The number of anilines is 3. The number of amides is 2. The van der Waals surface area contributed by atoms with E-state index in [0.29, 0.717) is 22.6 Å². The van der Waals surface area contributed by atoms with Gasteiger partial charge >= 0.3 is 0 Å². The number of nitrogens with zero attached hydrogens (tertiary/aromatic N) is 1. The van der Waals surface area contributed by atoms with Gasteiger partial charge in [0, 0.05) is 13.0 Å². The summed E-state index contributed by atoms with van der Waals surface area (Å²) in [6.07, 6.45) is 0.135. The van der Waals surface area contributed by atoms with Gasteiger partial charge in [-0.15, -0.1) is 0 Å². The summed E-state index contributed by atoms with van der Waals surface area (Å²) in [6, 6.07) is 14.1. The SMILES string of the molecule is N=C(N)NCCC(=O)N1c2ccccc2NC(=O)c2ccccc21. The van der Waals surface area contributed by atoms with E-state index in [1.165, 1.54) is 4.90 Å². The second-order valence-electron chi connectivity index (χ2n) is 5.31. The van der Waals surface area contributed by atoms with Gasteiger partial charge in [-0.25, -0.2) is 0 Å². The van der Waals surface area contributed by atoms with E-state index < -0.39 is 0 Å². The van der Waals surface area contributed by atoms with Crippen LogP contribution in [-0.2, 0) is 4.79 Å². The summed E-state index contributed by atoms with van der Waals surface area (Å²) in [5.41, 5.74) is 7.40. The Balaban J connectivity index is 2.03.